The Morgan fingerprint density at radius 3 is 2.57 bits per heavy atom. The lowest BCUT2D eigenvalue weighted by atomic mass is 9.98. The number of hydrogen-bond acceptors (Lipinski definition) is 4. The molecule has 4 nitrogen and oxygen atoms in total. The summed E-state index contributed by atoms with van der Waals surface area (Å²) in [6.45, 7) is 8.75. The van der Waals surface area contributed by atoms with Crippen LogP contribution >= 0.6 is 0 Å². The Hall–Kier alpha value is -1.10. The Labute approximate surface area is 128 Å². The Morgan fingerprint density at radius 2 is 1.95 bits per heavy atom. The largest absolute Gasteiger partial charge is 0.491 e. The molecule has 0 heterocycles. The second-order valence-electron chi connectivity index (χ2n) is 6.23. The molecule has 0 aliphatic carbocycles. The van der Waals surface area contributed by atoms with Gasteiger partial charge in [0.1, 0.15) is 18.5 Å². The summed E-state index contributed by atoms with van der Waals surface area (Å²) in [5.41, 5.74) is 0.783. The molecule has 0 spiro atoms. The van der Waals surface area contributed by atoms with Crippen molar-refractivity contribution in [3.63, 3.8) is 0 Å². The molecule has 0 aromatic heterocycles. The fourth-order valence-electron chi connectivity index (χ4n) is 1.93. The minimum absolute atomic E-state index is 0.0252. The van der Waals surface area contributed by atoms with E-state index in [-0.39, 0.29) is 13.2 Å². The van der Waals surface area contributed by atoms with Crippen molar-refractivity contribution in [2.45, 2.75) is 51.7 Å². The van der Waals surface area contributed by atoms with Crippen molar-refractivity contribution >= 4 is 0 Å². The number of β-amino-alcohol motifs (C(OH)–C–C–N with tert-alkyl or cyclic N) is 1. The van der Waals surface area contributed by atoms with E-state index in [0.29, 0.717) is 12.5 Å². The van der Waals surface area contributed by atoms with E-state index in [1.807, 2.05) is 32.0 Å². The van der Waals surface area contributed by atoms with E-state index in [2.05, 4.69) is 25.2 Å². The van der Waals surface area contributed by atoms with Crippen LogP contribution in [0, 0.1) is 0 Å². The predicted octanol–water partition coefficient (Wildman–Crippen LogP) is 2.30. The first-order valence-corrected chi connectivity index (χ1v) is 7.65. The van der Waals surface area contributed by atoms with E-state index in [4.69, 9.17) is 9.84 Å². The zero-order chi connectivity index (χ0) is 15.9. The van der Waals surface area contributed by atoms with Crippen LogP contribution in [0.15, 0.2) is 24.3 Å². The molecule has 0 saturated carbocycles. The van der Waals surface area contributed by atoms with Gasteiger partial charge in [-0.1, -0.05) is 32.0 Å². The third-order valence-corrected chi connectivity index (χ3v) is 3.71. The van der Waals surface area contributed by atoms with E-state index >= 15 is 0 Å². The number of ether oxygens (including phenoxy) is 1. The molecular formula is C17H29NO3. The van der Waals surface area contributed by atoms with Crippen LogP contribution in [0.3, 0.4) is 0 Å². The Bertz CT molecular complexity index is 420. The van der Waals surface area contributed by atoms with Crippen molar-refractivity contribution < 1.29 is 14.9 Å². The van der Waals surface area contributed by atoms with Crippen molar-refractivity contribution in [3.05, 3.63) is 29.8 Å². The average Bonchev–Trinajstić information content (AvgIpc) is 2.50. The molecule has 0 saturated heterocycles. The van der Waals surface area contributed by atoms with Crippen molar-refractivity contribution in [2.24, 2.45) is 0 Å². The van der Waals surface area contributed by atoms with Crippen LogP contribution in [0.1, 0.15) is 45.6 Å². The maximum atomic E-state index is 9.99. The molecule has 0 aliphatic heterocycles. The van der Waals surface area contributed by atoms with Gasteiger partial charge in [0, 0.05) is 12.1 Å². The first kappa shape index (κ1) is 18.0. The molecule has 4 heteroatoms. The lowest BCUT2D eigenvalue weighted by Crippen LogP contribution is -2.47. The first-order chi connectivity index (χ1) is 9.89. The summed E-state index contributed by atoms with van der Waals surface area (Å²) in [6, 6.07) is 7.97. The van der Waals surface area contributed by atoms with Crippen molar-refractivity contribution in [1.29, 1.82) is 0 Å². The van der Waals surface area contributed by atoms with E-state index in [0.717, 1.165) is 12.2 Å². The molecule has 0 unspecified atom stereocenters. The minimum Gasteiger partial charge on any atom is -0.491 e. The van der Waals surface area contributed by atoms with Gasteiger partial charge < -0.3 is 20.3 Å². The molecule has 1 aromatic rings. The van der Waals surface area contributed by atoms with Gasteiger partial charge in [-0.3, -0.25) is 0 Å². The highest BCUT2D eigenvalue weighted by Crippen LogP contribution is 2.28. The second kappa shape index (κ2) is 8.37. The summed E-state index contributed by atoms with van der Waals surface area (Å²) in [5, 5.41) is 22.3. The predicted molar refractivity (Wildman–Crippen MR) is 85.8 cm³/mol. The van der Waals surface area contributed by atoms with Crippen LogP contribution in [0.5, 0.6) is 5.75 Å². The topological polar surface area (TPSA) is 61.7 Å². The maximum absolute atomic E-state index is 9.99. The second-order valence-corrected chi connectivity index (χ2v) is 6.23. The highest BCUT2D eigenvalue weighted by atomic mass is 16.5. The molecule has 0 amide bonds. The molecule has 0 fully saturated rings. The SMILES string of the molecule is CC[C@@H](C)c1ccccc1OC[C@H](O)CNC(C)(C)CO. The quantitative estimate of drug-likeness (QED) is 0.654. The van der Waals surface area contributed by atoms with Gasteiger partial charge in [-0.05, 0) is 37.8 Å². The van der Waals surface area contributed by atoms with Gasteiger partial charge in [0.15, 0.2) is 0 Å². The minimum atomic E-state index is -0.610. The zero-order valence-electron chi connectivity index (χ0n) is 13.6. The summed E-state index contributed by atoms with van der Waals surface area (Å²) in [5.74, 6) is 1.28. The van der Waals surface area contributed by atoms with Crippen LogP contribution in [0.25, 0.3) is 0 Å². The van der Waals surface area contributed by atoms with Crippen molar-refractivity contribution in [2.75, 3.05) is 19.8 Å². The number of benzene rings is 1. The first-order valence-electron chi connectivity index (χ1n) is 7.65. The van der Waals surface area contributed by atoms with Gasteiger partial charge in [0.05, 0.1) is 6.61 Å². The highest BCUT2D eigenvalue weighted by molar-refractivity contribution is 5.35. The number of aliphatic hydroxyl groups is 2. The molecule has 2 atom stereocenters. The molecule has 0 bridgehead atoms. The molecule has 3 N–H and O–H groups in total. The number of nitrogens with one attached hydrogen (secondary N) is 1. The van der Waals surface area contributed by atoms with Gasteiger partial charge in [-0.15, -0.1) is 0 Å². The highest BCUT2D eigenvalue weighted by Gasteiger charge is 2.18. The van der Waals surface area contributed by atoms with Crippen LogP contribution in [0.4, 0.5) is 0 Å². The van der Waals surface area contributed by atoms with Crippen molar-refractivity contribution in [3.8, 4) is 5.75 Å². The van der Waals surface area contributed by atoms with Gasteiger partial charge >= 0.3 is 0 Å². The van der Waals surface area contributed by atoms with Crippen LogP contribution in [-0.2, 0) is 0 Å². The standard InChI is InChI=1S/C17H29NO3/c1-5-13(2)15-8-6-7-9-16(15)21-11-14(20)10-18-17(3,4)12-19/h6-9,13-14,18-20H,5,10-12H2,1-4H3/t13-,14-/m1/s1. The van der Waals surface area contributed by atoms with Gasteiger partial charge in [0.2, 0.25) is 0 Å². The van der Waals surface area contributed by atoms with Crippen LogP contribution in [-0.4, -0.2) is 41.6 Å². The fraction of sp³-hybridized carbons (Fsp3) is 0.647. The van der Waals surface area contributed by atoms with Gasteiger partial charge in [0.25, 0.3) is 0 Å². The zero-order valence-corrected chi connectivity index (χ0v) is 13.6. The molecule has 21 heavy (non-hydrogen) atoms. The molecule has 0 radical (unpaired) electrons. The third kappa shape index (κ3) is 6.04. The van der Waals surface area contributed by atoms with Crippen LogP contribution in [0.2, 0.25) is 0 Å². The van der Waals surface area contributed by atoms with Crippen LogP contribution < -0.4 is 10.1 Å². The lowest BCUT2D eigenvalue weighted by Gasteiger charge is -2.25. The Balaban J connectivity index is 2.52. The van der Waals surface area contributed by atoms with E-state index in [1.54, 1.807) is 0 Å². The number of aliphatic hydroxyl groups excluding tert-OH is 2. The van der Waals surface area contributed by atoms with Gasteiger partial charge in [-0.25, -0.2) is 0 Å². The average molecular weight is 295 g/mol. The monoisotopic (exact) mass is 295 g/mol. The normalized spacial score (nSPS) is 14.8. The molecule has 0 aliphatic rings. The number of para-hydroxylation sites is 1. The smallest absolute Gasteiger partial charge is 0.122 e. The summed E-state index contributed by atoms with van der Waals surface area (Å²) in [4.78, 5) is 0. The summed E-state index contributed by atoms with van der Waals surface area (Å²) >= 11 is 0. The molecule has 120 valence electrons. The molecule has 1 aromatic carbocycles. The fourth-order valence-corrected chi connectivity index (χ4v) is 1.93. The van der Waals surface area contributed by atoms with E-state index in [1.165, 1.54) is 5.56 Å². The molecular weight excluding hydrogens is 266 g/mol. The number of rotatable bonds is 9. The maximum Gasteiger partial charge on any atom is 0.122 e. The third-order valence-electron chi connectivity index (χ3n) is 3.71. The van der Waals surface area contributed by atoms with Crippen molar-refractivity contribution in [1.82, 2.24) is 5.32 Å². The summed E-state index contributed by atoms with van der Waals surface area (Å²) in [7, 11) is 0. The summed E-state index contributed by atoms with van der Waals surface area (Å²) < 4.78 is 5.77. The Kier molecular flexibility index (Phi) is 7.15. The van der Waals surface area contributed by atoms with E-state index < -0.39 is 11.6 Å². The summed E-state index contributed by atoms with van der Waals surface area (Å²) in [6.07, 6.45) is 0.440. The Morgan fingerprint density at radius 1 is 1.29 bits per heavy atom. The van der Waals surface area contributed by atoms with E-state index in [9.17, 15) is 5.11 Å². The lowest BCUT2D eigenvalue weighted by molar-refractivity contribution is 0.0901. The molecule has 1 rings (SSSR count). The number of hydrogen-bond donors (Lipinski definition) is 3. The van der Waals surface area contributed by atoms with Gasteiger partial charge in [-0.2, -0.15) is 0 Å².